The predicted molar refractivity (Wildman–Crippen MR) is 72.9 cm³/mol. The van der Waals surface area contributed by atoms with Gasteiger partial charge in [-0.25, -0.2) is 8.42 Å². The van der Waals surface area contributed by atoms with Gasteiger partial charge < -0.3 is 5.32 Å². The van der Waals surface area contributed by atoms with Crippen LogP contribution in [0.5, 0.6) is 0 Å². The van der Waals surface area contributed by atoms with Crippen LogP contribution in [0.4, 0.5) is 0 Å². The molecule has 1 heterocycles. The summed E-state index contributed by atoms with van der Waals surface area (Å²) in [6.45, 7) is 6.95. The molecule has 1 fully saturated rings. The summed E-state index contributed by atoms with van der Waals surface area (Å²) >= 11 is 0. The monoisotopic (exact) mass is 259 g/mol. The van der Waals surface area contributed by atoms with Gasteiger partial charge in [0.15, 0.2) is 9.84 Å². The second-order valence-electron chi connectivity index (χ2n) is 5.30. The zero-order chi connectivity index (χ0) is 12.9. The van der Waals surface area contributed by atoms with E-state index in [0.29, 0.717) is 18.3 Å². The zero-order valence-electron chi connectivity index (χ0n) is 11.2. The maximum absolute atomic E-state index is 11.6. The molecule has 1 aliphatic rings. The molecule has 1 N–H and O–H groups in total. The molecule has 3 nitrogen and oxygen atoms in total. The molecular formula is C13H25NO2S. The van der Waals surface area contributed by atoms with Crippen LogP contribution in [-0.2, 0) is 9.84 Å². The molecule has 0 unspecified atom stereocenters. The molecular weight excluding hydrogens is 234 g/mol. The molecule has 17 heavy (non-hydrogen) atoms. The minimum Gasteiger partial charge on any atom is -0.313 e. The minimum absolute atomic E-state index is 0.145. The van der Waals surface area contributed by atoms with Crippen molar-refractivity contribution in [1.82, 2.24) is 5.32 Å². The third-order valence-corrected chi connectivity index (χ3v) is 5.58. The van der Waals surface area contributed by atoms with Gasteiger partial charge in [0.2, 0.25) is 0 Å². The van der Waals surface area contributed by atoms with Gasteiger partial charge in [0, 0.05) is 12.6 Å². The summed E-state index contributed by atoms with van der Waals surface area (Å²) < 4.78 is 23.3. The summed E-state index contributed by atoms with van der Waals surface area (Å²) in [6, 6.07) is 0.390. The van der Waals surface area contributed by atoms with Crippen LogP contribution in [0.25, 0.3) is 0 Å². The van der Waals surface area contributed by atoms with Gasteiger partial charge >= 0.3 is 0 Å². The Bertz CT molecular complexity index is 356. The average molecular weight is 259 g/mol. The standard InChI is InChI=1S/C13H25NO2S/c1-11(2)6-4-7-12(3)14-10-13-8-5-9-17(13,15)16/h6,12-14H,4-5,7-10H2,1-3H3/t12-,13-/m1/s1. The van der Waals surface area contributed by atoms with Crippen molar-refractivity contribution >= 4 is 9.84 Å². The molecule has 1 rings (SSSR count). The van der Waals surface area contributed by atoms with E-state index < -0.39 is 9.84 Å². The normalized spacial score (nSPS) is 24.5. The van der Waals surface area contributed by atoms with Gasteiger partial charge in [0.1, 0.15) is 0 Å². The van der Waals surface area contributed by atoms with Crippen molar-refractivity contribution in [1.29, 1.82) is 0 Å². The Morgan fingerprint density at radius 3 is 2.71 bits per heavy atom. The molecule has 0 spiro atoms. The number of nitrogens with one attached hydrogen (secondary N) is 1. The van der Waals surface area contributed by atoms with Gasteiger partial charge in [0.05, 0.1) is 11.0 Å². The molecule has 4 heteroatoms. The first kappa shape index (κ1) is 14.7. The summed E-state index contributed by atoms with van der Waals surface area (Å²) in [7, 11) is -2.79. The lowest BCUT2D eigenvalue weighted by atomic mass is 10.1. The predicted octanol–water partition coefficient (Wildman–Crippen LogP) is 2.29. The van der Waals surface area contributed by atoms with E-state index >= 15 is 0 Å². The van der Waals surface area contributed by atoms with Crippen molar-refractivity contribution in [3.8, 4) is 0 Å². The van der Waals surface area contributed by atoms with Crippen LogP contribution < -0.4 is 5.32 Å². The number of rotatable bonds is 6. The third-order valence-electron chi connectivity index (χ3n) is 3.31. The number of hydrogen-bond acceptors (Lipinski definition) is 3. The Hall–Kier alpha value is -0.350. The van der Waals surface area contributed by atoms with E-state index in [-0.39, 0.29) is 5.25 Å². The fourth-order valence-corrected chi connectivity index (χ4v) is 3.92. The second-order valence-corrected chi connectivity index (χ2v) is 7.70. The van der Waals surface area contributed by atoms with Gasteiger partial charge in [-0.2, -0.15) is 0 Å². The lowest BCUT2D eigenvalue weighted by Gasteiger charge is -2.16. The number of allylic oxidation sites excluding steroid dienone is 2. The molecule has 0 amide bonds. The van der Waals surface area contributed by atoms with Crippen molar-refractivity contribution in [3.05, 3.63) is 11.6 Å². The van der Waals surface area contributed by atoms with E-state index in [0.717, 1.165) is 25.7 Å². The Labute approximate surface area is 106 Å². The molecule has 0 aromatic heterocycles. The van der Waals surface area contributed by atoms with E-state index in [9.17, 15) is 8.42 Å². The third kappa shape index (κ3) is 5.21. The second kappa shape index (κ2) is 6.55. The first-order chi connectivity index (χ1) is 7.92. The van der Waals surface area contributed by atoms with Gasteiger partial charge in [-0.3, -0.25) is 0 Å². The smallest absolute Gasteiger partial charge is 0.154 e. The van der Waals surface area contributed by atoms with Gasteiger partial charge in [-0.05, 0) is 46.5 Å². The van der Waals surface area contributed by atoms with Crippen LogP contribution in [-0.4, -0.2) is 32.0 Å². The zero-order valence-corrected chi connectivity index (χ0v) is 12.0. The topological polar surface area (TPSA) is 46.2 Å². The molecule has 0 radical (unpaired) electrons. The molecule has 0 aromatic rings. The van der Waals surface area contributed by atoms with Crippen LogP contribution in [0, 0.1) is 0 Å². The first-order valence-electron chi connectivity index (χ1n) is 6.50. The molecule has 2 atom stereocenters. The molecule has 0 aliphatic carbocycles. The van der Waals surface area contributed by atoms with Crippen molar-refractivity contribution in [3.63, 3.8) is 0 Å². The van der Waals surface area contributed by atoms with Crippen molar-refractivity contribution in [2.45, 2.75) is 57.7 Å². The molecule has 0 aromatic carbocycles. The van der Waals surface area contributed by atoms with Crippen LogP contribution in [0.3, 0.4) is 0 Å². The van der Waals surface area contributed by atoms with E-state index in [2.05, 4.69) is 32.2 Å². The van der Waals surface area contributed by atoms with Crippen molar-refractivity contribution in [2.75, 3.05) is 12.3 Å². The molecule has 100 valence electrons. The highest BCUT2D eigenvalue weighted by Crippen LogP contribution is 2.19. The Morgan fingerprint density at radius 1 is 1.47 bits per heavy atom. The maximum atomic E-state index is 11.6. The summed E-state index contributed by atoms with van der Waals surface area (Å²) in [4.78, 5) is 0. The quantitative estimate of drug-likeness (QED) is 0.744. The van der Waals surface area contributed by atoms with E-state index in [4.69, 9.17) is 0 Å². The van der Waals surface area contributed by atoms with E-state index in [1.165, 1.54) is 5.57 Å². The molecule has 1 saturated heterocycles. The van der Waals surface area contributed by atoms with E-state index in [1.54, 1.807) is 0 Å². The summed E-state index contributed by atoms with van der Waals surface area (Å²) in [5, 5.41) is 3.20. The Morgan fingerprint density at radius 2 is 2.18 bits per heavy atom. The van der Waals surface area contributed by atoms with Gasteiger partial charge in [-0.15, -0.1) is 0 Å². The highest BCUT2D eigenvalue weighted by atomic mass is 32.2. The fraction of sp³-hybridized carbons (Fsp3) is 0.846. The minimum atomic E-state index is -2.79. The lowest BCUT2D eigenvalue weighted by molar-refractivity contribution is 0.502. The van der Waals surface area contributed by atoms with Crippen LogP contribution >= 0.6 is 0 Å². The first-order valence-corrected chi connectivity index (χ1v) is 8.21. The summed E-state index contributed by atoms with van der Waals surface area (Å²) in [5.74, 6) is 0.380. The number of sulfone groups is 1. The summed E-state index contributed by atoms with van der Waals surface area (Å²) in [5.41, 5.74) is 1.34. The van der Waals surface area contributed by atoms with E-state index in [1.807, 2.05) is 0 Å². The molecule has 0 saturated carbocycles. The molecule has 0 bridgehead atoms. The van der Waals surface area contributed by atoms with Crippen molar-refractivity contribution in [2.24, 2.45) is 0 Å². The van der Waals surface area contributed by atoms with Crippen molar-refractivity contribution < 1.29 is 8.42 Å². The summed E-state index contributed by atoms with van der Waals surface area (Å²) in [6.07, 6.45) is 6.02. The highest BCUT2D eigenvalue weighted by molar-refractivity contribution is 7.92. The Kier molecular flexibility index (Phi) is 5.67. The van der Waals surface area contributed by atoms with Gasteiger partial charge in [0.25, 0.3) is 0 Å². The fourth-order valence-electron chi connectivity index (χ4n) is 2.14. The van der Waals surface area contributed by atoms with Crippen LogP contribution in [0.15, 0.2) is 11.6 Å². The lowest BCUT2D eigenvalue weighted by Crippen LogP contribution is -2.35. The van der Waals surface area contributed by atoms with Crippen LogP contribution in [0.2, 0.25) is 0 Å². The van der Waals surface area contributed by atoms with Crippen LogP contribution in [0.1, 0.15) is 46.5 Å². The highest BCUT2D eigenvalue weighted by Gasteiger charge is 2.30. The number of hydrogen-bond donors (Lipinski definition) is 1. The SMILES string of the molecule is CC(C)=CCC[C@@H](C)NC[C@H]1CCCS1(=O)=O. The maximum Gasteiger partial charge on any atom is 0.154 e. The molecule has 1 aliphatic heterocycles. The van der Waals surface area contributed by atoms with Gasteiger partial charge in [-0.1, -0.05) is 11.6 Å². The average Bonchev–Trinajstić information content (AvgIpc) is 2.54. The largest absolute Gasteiger partial charge is 0.313 e. The Balaban J connectivity index is 2.24.